The monoisotopic (exact) mass is 298 g/mol. The average molecular weight is 299 g/mol. The maximum atomic E-state index is 11.5. The Labute approximate surface area is 126 Å². The third-order valence-electron chi connectivity index (χ3n) is 4.08. The van der Waals surface area contributed by atoms with Gasteiger partial charge in [0, 0.05) is 19.8 Å². The van der Waals surface area contributed by atoms with Crippen LogP contribution in [0.1, 0.15) is 35.2 Å². The van der Waals surface area contributed by atoms with Crippen LogP contribution in [0.3, 0.4) is 0 Å². The van der Waals surface area contributed by atoms with E-state index in [1.807, 2.05) is 31.1 Å². The molecule has 0 bridgehead atoms. The lowest BCUT2D eigenvalue weighted by atomic mass is 9.84. The van der Waals surface area contributed by atoms with Crippen LogP contribution in [0.5, 0.6) is 0 Å². The van der Waals surface area contributed by atoms with Gasteiger partial charge in [0.15, 0.2) is 0 Å². The lowest BCUT2D eigenvalue weighted by molar-refractivity contribution is 0.0695. The summed E-state index contributed by atoms with van der Waals surface area (Å²) in [4.78, 5) is 13.4. The predicted molar refractivity (Wildman–Crippen MR) is 84.4 cm³/mol. The third kappa shape index (κ3) is 3.44. The van der Waals surface area contributed by atoms with Crippen molar-refractivity contribution in [3.05, 3.63) is 29.3 Å². The van der Waals surface area contributed by atoms with Crippen LogP contribution in [-0.2, 0) is 0 Å². The van der Waals surface area contributed by atoms with Crippen molar-refractivity contribution in [3.63, 3.8) is 0 Å². The van der Waals surface area contributed by atoms with Crippen molar-refractivity contribution in [3.8, 4) is 0 Å². The number of hydrogen-bond acceptors (Lipinski definition) is 3. The Morgan fingerprint density at radius 3 is 2.65 bits per heavy atom. The van der Waals surface area contributed by atoms with Crippen molar-refractivity contribution in [2.24, 2.45) is 5.92 Å². The molecule has 20 heavy (non-hydrogen) atoms. The largest absolute Gasteiger partial charge is 0.478 e. The minimum Gasteiger partial charge on any atom is -0.478 e. The summed E-state index contributed by atoms with van der Waals surface area (Å²) in [5.74, 6) is -0.0304. The highest BCUT2D eigenvalue weighted by Gasteiger charge is 2.26. The fraction of sp³-hybridized carbons (Fsp3) is 0.533. The summed E-state index contributed by atoms with van der Waals surface area (Å²) >= 11 is 0. The maximum Gasteiger partial charge on any atom is 0.336 e. The number of anilines is 1. The van der Waals surface area contributed by atoms with E-state index >= 15 is 0 Å². The highest BCUT2D eigenvalue weighted by atomic mass is 35.5. The molecule has 1 aliphatic heterocycles. The first-order valence-electron chi connectivity index (χ1n) is 6.76. The summed E-state index contributed by atoms with van der Waals surface area (Å²) in [7, 11) is 3.84. The zero-order valence-corrected chi connectivity index (χ0v) is 13.0. The van der Waals surface area contributed by atoms with Crippen molar-refractivity contribution < 1.29 is 9.90 Å². The molecule has 0 saturated carbocycles. The molecule has 0 amide bonds. The van der Waals surface area contributed by atoms with Crippen molar-refractivity contribution in [2.75, 3.05) is 32.1 Å². The number of rotatable bonds is 4. The van der Waals surface area contributed by atoms with E-state index in [0.29, 0.717) is 11.5 Å². The van der Waals surface area contributed by atoms with E-state index in [9.17, 15) is 9.90 Å². The maximum absolute atomic E-state index is 11.5. The molecule has 2 unspecified atom stereocenters. The summed E-state index contributed by atoms with van der Waals surface area (Å²) in [6.07, 6.45) is 1.12. The topological polar surface area (TPSA) is 52.6 Å². The zero-order chi connectivity index (χ0) is 14.0. The Balaban J connectivity index is 0.00000200. The zero-order valence-electron chi connectivity index (χ0n) is 12.2. The van der Waals surface area contributed by atoms with Gasteiger partial charge in [-0.1, -0.05) is 13.0 Å². The van der Waals surface area contributed by atoms with Crippen molar-refractivity contribution >= 4 is 24.1 Å². The molecule has 1 heterocycles. The third-order valence-corrected chi connectivity index (χ3v) is 4.08. The molecule has 1 fully saturated rings. The van der Waals surface area contributed by atoms with Crippen molar-refractivity contribution in [1.82, 2.24) is 5.32 Å². The first-order chi connectivity index (χ1) is 9.00. The van der Waals surface area contributed by atoms with E-state index in [4.69, 9.17) is 0 Å². The molecule has 1 aromatic carbocycles. The molecule has 1 saturated heterocycles. The fourth-order valence-corrected chi connectivity index (χ4v) is 2.76. The van der Waals surface area contributed by atoms with Gasteiger partial charge in [0.1, 0.15) is 0 Å². The first-order valence-corrected chi connectivity index (χ1v) is 6.76. The predicted octanol–water partition coefficient (Wildman–Crippen LogP) is 2.59. The van der Waals surface area contributed by atoms with E-state index in [0.717, 1.165) is 30.8 Å². The fourth-order valence-electron chi connectivity index (χ4n) is 2.76. The lowest BCUT2D eigenvalue weighted by Crippen LogP contribution is -2.17. The van der Waals surface area contributed by atoms with Gasteiger partial charge in [-0.3, -0.25) is 0 Å². The van der Waals surface area contributed by atoms with Gasteiger partial charge >= 0.3 is 5.97 Å². The molecule has 112 valence electrons. The molecule has 5 heteroatoms. The molecule has 0 radical (unpaired) electrons. The smallest absolute Gasteiger partial charge is 0.336 e. The molecule has 2 rings (SSSR count). The van der Waals surface area contributed by atoms with Gasteiger partial charge in [0.05, 0.1) is 5.56 Å². The number of hydrogen-bond donors (Lipinski definition) is 2. The van der Waals surface area contributed by atoms with Crippen LogP contribution in [0.15, 0.2) is 18.2 Å². The van der Waals surface area contributed by atoms with Gasteiger partial charge in [-0.25, -0.2) is 4.79 Å². The molecule has 2 atom stereocenters. The van der Waals surface area contributed by atoms with Gasteiger partial charge in [-0.15, -0.1) is 12.4 Å². The molecule has 0 aliphatic carbocycles. The summed E-state index contributed by atoms with van der Waals surface area (Å²) in [5.41, 5.74) is 2.32. The second-order valence-electron chi connectivity index (χ2n) is 5.51. The summed E-state index contributed by atoms with van der Waals surface area (Å²) < 4.78 is 0. The number of nitrogens with zero attached hydrogens (tertiary/aromatic N) is 1. The Hall–Kier alpha value is -1.26. The van der Waals surface area contributed by atoms with E-state index < -0.39 is 5.97 Å². The van der Waals surface area contributed by atoms with Gasteiger partial charge in [0.2, 0.25) is 0 Å². The Morgan fingerprint density at radius 1 is 1.45 bits per heavy atom. The summed E-state index contributed by atoms with van der Waals surface area (Å²) in [5, 5.41) is 12.8. The normalized spacial score (nSPS) is 19.2. The molecule has 1 aliphatic rings. The molecule has 0 spiro atoms. The standard InChI is InChI=1S/C15H22N2O2.ClH/c1-10(11-6-7-16-9-11)13-5-4-12(17(2)3)8-14(13)15(18)19;/h4-5,8,10-11,16H,6-7,9H2,1-3H3,(H,18,19);1H. The van der Waals surface area contributed by atoms with Gasteiger partial charge in [-0.2, -0.15) is 0 Å². The first kappa shape index (κ1) is 16.8. The molecule has 2 N–H and O–H groups in total. The molecule has 1 aromatic rings. The number of halogens is 1. The SMILES string of the molecule is CC(c1ccc(N(C)C)cc1C(=O)O)C1CCNC1.Cl. The number of carbonyl (C=O) groups is 1. The van der Waals surface area contributed by atoms with Crippen molar-refractivity contribution in [1.29, 1.82) is 0 Å². The van der Waals surface area contributed by atoms with Crippen LogP contribution >= 0.6 is 12.4 Å². The van der Waals surface area contributed by atoms with Crippen molar-refractivity contribution in [2.45, 2.75) is 19.3 Å². The average Bonchev–Trinajstić information content (AvgIpc) is 2.90. The van der Waals surface area contributed by atoms with E-state index in [-0.39, 0.29) is 18.3 Å². The Kier molecular flexibility index (Phi) is 5.84. The van der Waals surface area contributed by atoms with Crippen LogP contribution in [0.2, 0.25) is 0 Å². The van der Waals surface area contributed by atoms with E-state index in [1.165, 1.54) is 0 Å². The van der Waals surface area contributed by atoms with Gasteiger partial charge in [-0.05, 0) is 49.0 Å². The van der Waals surface area contributed by atoms with Crippen LogP contribution in [0, 0.1) is 5.92 Å². The van der Waals surface area contributed by atoms with E-state index in [1.54, 1.807) is 6.07 Å². The number of benzene rings is 1. The summed E-state index contributed by atoms with van der Waals surface area (Å²) in [6, 6.07) is 5.75. The number of nitrogens with one attached hydrogen (secondary N) is 1. The minimum absolute atomic E-state index is 0. The van der Waals surface area contributed by atoms with Gasteiger partial charge in [0.25, 0.3) is 0 Å². The van der Waals surface area contributed by atoms with Crippen LogP contribution in [0.25, 0.3) is 0 Å². The molecule has 4 nitrogen and oxygen atoms in total. The van der Waals surface area contributed by atoms with Gasteiger partial charge < -0.3 is 15.3 Å². The summed E-state index contributed by atoms with van der Waals surface area (Å²) in [6.45, 7) is 4.15. The number of carboxylic acids is 1. The lowest BCUT2D eigenvalue weighted by Gasteiger charge is -2.22. The Bertz CT molecular complexity index is 471. The second-order valence-corrected chi connectivity index (χ2v) is 5.51. The highest BCUT2D eigenvalue weighted by Crippen LogP contribution is 2.32. The van der Waals surface area contributed by atoms with Crippen LogP contribution in [-0.4, -0.2) is 38.3 Å². The number of carboxylic acid groups (broad SMARTS) is 1. The second kappa shape index (κ2) is 6.95. The van der Waals surface area contributed by atoms with Crippen LogP contribution < -0.4 is 10.2 Å². The Morgan fingerprint density at radius 2 is 2.15 bits per heavy atom. The quantitative estimate of drug-likeness (QED) is 0.897. The molecular weight excluding hydrogens is 276 g/mol. The number of aromatic carboxylic acids is 1. The molecular formula is C15H23ClN2O2. The minimum atomic E-state index is -0.837. The highest BCUT2D eigenvalue weighted by molar-refractivity contribution is 5.91. The van der Waals surface area contributed by atoms with Crippen LogP contribution in [0.4, 0.5) is 5.69 Å². The molecule has 0 aromatic heterocycles. The van der Waals surface area contributed by atoms with E-state index in [2.05, 4.69) is 12.2 Å².